The van der Waals surface area contributed by atoms with Crippen molar-refractivity contribution < 1.29 is 4.74 Å². The Balaban J connectivity index is 2.90. The monoisotopic (exact) mass is 193 g/mol. The van der Waals surface area contributed by atoms with E-state index in [9.17, 15) is 0 Å². The fraction of sp³-hybridized carbons (Fsp3) is 0.583. The van der Waals surface area contributed by atoms with Crippen LogP contribution >= 0.6 is 0 Å². The molecule has 0 aliphatic heterocycles. The Hall–Kier alpha value is -1.05. The standard InChI is InChI=1S/C12H19NO/c1-8(2)11-6-7-12(10(5)13-11)14-9(3)4/h6-9H,1-5H3. The largest absolute Gasteiger partial charge is 0.489 e. The Morgan fingerprint density at radius 2 is 1.79 bits per heavy atom. The highest BCUT2D eigenvalue weighted by molar-refractivity contribution is 5.29. The molecule has 2 heteroatoms. The molecule has 1 aromatic rings. The van der Waals surface area contributed by atoms with Crippen LogP contribution in [0.2, 0.25) is 0 Å². The van der Waals surface area contributed by atoms with Crippen LogP contribution in [-0.4, -0.2) is 11.1 Å². The van der Waals surface area contributed by atoms with Gasteiger partial charge in [-0.25, -0.2) is 0 Å². The molecular formula is C12H19NO. The zero-order valence-corrected chi connectivity index (χ0v) is 9.66. The van der Waals surface area contributed by atoms with Crippen LogP contribution in [0.5, 0.6) is 5.75 Å². The highest BCUT2D eigenvalue weighted by Crippen LogP contribution is 2.20. The van der Waals surface area contributed by atoms with Gasteiger partial charge >= 0.3 is 0 Å². The summed E-state index contributed by atoms with van der Waals surface area (Å²) < 4.78 is 5.62. The van der Waals surface area contributed by atoms with Crippen molar-refractivity contribution in [2.45, 2.75) is 46.6 Å². The smallest absolute Gasteiger partial charge is 0.140 e. The van der Waals surface area contributed by atoms with E-state index in [0.29, 0.717) is 5.92 Å². The number of aromatic nitrogens is 1. The lowest BCUT2D eigenvalue weighted by Crippen LogP contribution is -2.08. The molecule has 0 aromatic carbocycles. The fourth-order valence-corrected chi connectivity index (χ4v) is 1.27. The molecule has 0 N–H and O–H groups in total. The van der Waals surface area contributed by atoms with E-state index in [1.165, 1.54) is 0 Å². The van der Waals surface area contributed by atoms with Gasteiger partial charge < -0.3 is 4.74 Å². The van der Waals surface area contributed by atoms with E-state index in [1.54, 1.807) is 0 Å². The van der Waals surface area contributed by atoms with Crippen LogP contribution < -0.4 is 4.74 Å². The Kier molecular flexibility index (Phi) is 3.50. The summed E-state index contributed by atoms with van der Waals surface area (Å²) in [6, 6.07) is 4.05. The minimum Gasteiger partial charge on any atom is -0.489 e. The SMILES string of the molecule is Cc1nc(C(C)C)ccc1OC(C)C. The maximum absolute atomic E-state index is 5.62. The lowest BCUT2D eigenvalue weighted by Gasteiger charge is -2.13. The molecule has 1 heterocycles. The molecule has 78 valence electrons. The Bertz CT molecular complexity index is 305. The molecular weight excluding hydrogens is 174 g/mol. The van der Waals surface area contributed by atoms with Gasteiger partial charge in [0.05, 0.1) is 11.8 Å². The van der Waals surface area contributed by atoms with Crippen molar-refractivity contribution in [1.29, 1.82) is 0 Å². The molecule has 0 aliphatic carbocycles. The van der Waals surface area contributed by atoms with Crippen LogP contribution in [0.25, 0.3) is 0 Å². The molecule has 1 aromatic heterocycles. The molecule has 0 fully saturated rings. The minimum absolute atomic E-state index is 0.209. The van der Waals surface area contributed by atoms with Gasteiger partial charge in [0, 0.05) is 5.69 Å². The molecule has 14 heavy (non-hydrogen) atoms. The van der Waals surface area contributed by atoms with Gasteiger partial charge in [-0.05, 0) is 38.8 Å². The molecule has 0 spiro atoms. The summed E-state index contributed by atoms with van der Waals surface area (Å²) in [5.74, 6) is 1.37. The molecule has 1 rings (SSSR count). The van der Waals surface area contributed by atoms with E-state index in [4.69, 9.17) is 4.74 Å². The third-order valence-corrected chi connectivity index (χ3v) is 2.01. The predicted molar refractivity (Wildman–Crippen MR) is 58.8 cm³/mol. The third-order valence-electron chi connectivity index (χ3n) is 2.01. The van der Waals surface area contributed by atoms with Crippen LogP contribution in [0.1, 0.15) is 45.0 Å². The summed E-state index contributed by atoms with van der Waals surface area (Å²) in [5, 5.41) is 0. The van der Waals surface area contributed by atoms with Crippen LogP contribution in [0.15, 0.2) is 12.1 Å². The molecule has 0 saturated heterocycles. The molecule has 0 unspecified atom stereocenters. The minimum atomic E-state index is 0.209. The van der Waals surface area contributed by atoms with Gasteiger partial charge in [0.1, 0.15) is 5.75 Å². The van der Waals surface area contributed by atoms with Crippen molar-refractivity contribution in [1.82, 2.24) is 4.98 Å². The molecule has 0 bridgehead atoms. The zero-order valence-electron chi connectivity index (χ0n) is 9.66. The second-order valence-corrected chi connectivity index (χ2v) is 4.14. The summed E-state index contributed by atoms with van der Waals surface area (Å²) in [6.07, 6.45) is 0.209. The van der Waals surface area contributed by atoms with Crippen LogP contribution in [0, 0.1) is 6.92 Å². The number of pyridine rings is 1. The first-order chi connectivity index (χ1) is 6.50. The summed E-state index contributed by atoms with van der Waals surface area (Å²) in [4.78, 5) is 4.50. The maximum Gasteiger partial charge on any atom is 0.140 e. The first-order valence-corrected chi connectivity index (χ1v) is 5.15. The van der Waals surface area contributed by atoms with Crippen molar-refractivity contribution in [2.75, 3.05) is 0 Å². The van der Waals surface area contributed by atoms with Gasteiger partial charge in [-0.1, -0.05) is 13.8 Å². The zero-order chi connectivity index (χ0) is 10.7. The van der Waals surface area contributed by atoms with Gasteiger partial charge in [0.25, 0.3) is 0 Å². The van der Waals surface area contributed by atoms with E-state index < -0.39 is 0 Å². The summed E-state index contributed by atoms with van der Waals surface area (Å²) in [6.45, 7) is 10.3. The van der Waals surface area contributed by atoms with E-state index in [1.807, 2.05) is 32.9 Å². The fourth-order valence-electron chi connectivity index (χ4n) is 1.27. The summed E-state index contributed by atoms with van der Waals surface area (Å²) in [7, 11) is 0. The van der Waals surface area contributed by atoms with Gasteiger partial charge in [0.2, 0.25) is 0 Å². The van der Waals surface area contributed by atoms with E-state index in [-0.39, 0.29) is 6.10 Å². The topological polar surface area (TPSA) is 22.1 Å². The van der Waals surface area contributed by atoms with Crippen LogP contribution in [0.4, 0.5) is 0 Å². The Morgan fingerprint density at radius 1 is 1.14 bits per heavy atom. The van der Waals surface area contributed by atoms with Crippen molar-refractivity contribution >= 4 is 0 Å². The average molecular weight is 193 g/mol. The third kappa shape index (κ3) is 2.72. The summed E-state index contributed by atoms with van der Waals surface area (Å²) >= 11 is 0. The van der Waals surface area contributed by atoms with Gasteiger partial charge in [-0.3, -0.25) is 4.98 Å². The van der Waals surface area contributed by atoms with Crippen LogP contribution in [-0.2, 0) is 0 Å². The first kappa shape index (κ1) is 11.0. The first-order valence-electron chi connectivity index (χ1n) is 5.15. The number of ether oxygens (including phenoxy) is 1. The highest BCUT2D eigenvalue weighted by atomic mass is 16.5. The molecule has 0 aliphatic rings. The number of rotatable bonds is 3. The van der Waals surface area contributed by atoms with Gasteiger partial charge in [-0.2, -0.15) is 0 Å². The Morgan fingerprint density at radius 3 is 2.21 bits per heavy atom. The lowest BCUT2D eigenvalue weighted by atomic mass is 10.1. The molecule has 0 atom stereocenters. The van der Waals surface area contributed by atoms with Crippen molar-refractivity contribution in [3.8, 4) is 5.75 Å². The second kappa shape index (κ2) is 4.45. The van der Waals surface area contributed by atoms with Crippen LogP contribution in [0.3, 0.4) is 0 Å². The van der Waals surface area contributed by atoms with Crippen molar-refractivity contribution in [2.24, 2.45) is 0 Å². The van der Waals surface area contributed by atoms with Crippen molar-refractivity contribution in [3.05, 3.63) is 23.5 Å². The molecule has 2 nitrogen and oxygen atoms in total. The molecule has 0 radical (unpaired) electrons. The quantitative estimate of drug-likeness (QED) is 0.734. The maximum atomic E-state index is 5.62. The number of aryl methyl sites for hydroxylation is 1. The van der Waals surface area contributed by atoms with E-state index in [2.05, 4.69) is 18.8 Å². The number of nitrogens with zero attached hydrogens (tertiary/aromatic N) is 1. The molecule has 0 saturated carbocycles. The molecule has 0 amide bonds. The second-order valence-electron chi connectivity index (χ2n) is 4.14. The highest BCUT2D eigenvalue weighted by Gasteiger charge is 2.06. The normalized spacial score (nSPS) is 11.1. The predicted octanol–water partition coefficient (Wildman–Crippen LogP) is 3.30. The lowest BCUT2D eigenvalue weighted by molar-refractivity contribution is 0.239. The van der Waals surface area contributed by atoms with Gasteiger partial charge in [0.15, 0.2) is 0 Å². The average Bonchev–Trinajstić information content (AvgIpc) is 2.07. The van der Waals surface area contributed by atoms with E-state index in [0.717, 1.165) is 17.1 Å². The summed E-state index contributed by atoms with van der Waals surface area (Å²) in [5.41, 5.74) is 2.10. The number of hydrogen-bond donors (Lipinski definition) is 0. The van der Waals surface area contributed by atoms with Crippen molar-refractivity contribution in [3.63, 3.8) is 0 Å². The van der Waals surface area contributed by atoms with Gasteiger partial charge in [-0.15, -0.1) is 0 Å². The Labute approximate surface area is 86.3 Å². The number of hydrogen-bond acceptors (Lipinski definition) is 2. The van der Waals surface area contributed by atoms with E-state index >= 15 is 0 Å².